The summed E-state index contributed by atoms with van der Waals surface area (Å²) >= 11 is 6.75. The van der Waals surface area contributed by atoms with Crippen LogP contribution in [0, 0.1) is 0 Å². The maximum absolute atomic E-state index is 14.2. The molecule has 2 aromatic carbocycles. The van der Waals surface area contributed by atoms with Crippen molar-refractivity contribution in [1.82, 2.24) is 8.80 Å². The highest BCUT2D eigenvalue weighted by Crippen LogP contribution is 2.35. The number of hydrogen-bond acceptors (Lipinski definition) is 10. The first kappa shape index (κ1) is 39.8. The van der Waals surface area contributed by atoms with Crippen LogP contribution in [0.1, 0.15) is 101 Å². The van der Waals surface area contributed by atoms with Gasteiger partial charge < -0.3 is 27.7 Å². The molecule has 0 spiro atoms. The van der Waals surface area contributed by atoms with Crippen molar-refractivity contribution in [1.29, 1.82) is 0 Å². The van der Waals surface area contributed by atoms with Crippen LogP contribution in [-0.2, 0) is 18.9 Å². The van der Waals surface area contributed by atoms with Gasteiger partial charge in [-0.05, 0) is 112 Å². The van der Waals surface area contributed by atoms with Crippen molar-refractivity contribution in [3.63, 3.8) is 0 Å². The van der Waals surface area contributed by atoms with Crippen LogP contribution in [0.2, 0.25) is 0 Å². The van der Waals surface area contributed by atoms with Gasteiger partial charge in [0.1, 0.15) is 33.6 Å². The quantitative estimate of drug-likeness (QED) is 0.0628. The second kappa shape index (κ2) is 16.9. The van der Waals surface area contributed by atoms with Gasteiger partial charge in [-0.3, -0.25) is 9.59 Å². The first-order chi connectivity index (χ1) is 26.9. The van der Waals surface area contributed by atoms with Crippen LogP contribution in [0.5, 0.6) is 0 Å². The third kappa shape index (κ3) is 7.41. The molecule has 0 aliphatic heterocycles. The van der Waals surface area contributed by atoms with Crippen LogP contribution < -0.4 is 0 Å². The molecule has 0 bridgehead atoms. The third-order valence-corrected chi connectivity index (χ3v) is 9.83. The molecule has 286 valence electrons. The molecule has 56 heavy (non-hydrogen) atoms. The van der Waals surface area contributed by atoms with Crippen LogP contribution in [0.4, 0.5) is 0 Å². The van der Waals surface area contributed by atoms with E-state index in [1.165, 1.54) is 8.80 Å². The lowest BCUT2D eigenvalue weighted by atomic mass is 10.0. The summed E-state index contributed by atoms with van der Waals surface area (Å²) in [5, 5.41) is 0. The van der Waals surface area contributed by atoms with Gasteiger partial charge in [0.2, 0.25) is 11.6 Å². The third-order valence-electron chi connectivity index (χ3n) is 8.77. The molecular weight excluding hydrogens is 852 g/mol. The molecule has 4 aromatic heterocycles. The Morgan fingerprint density at radius 1 is 0.464 bits per heavy atom. The summed E-state index contributed by atoms with van der Waals surface area (Å²) in [7, 11) is 0. The summed E-state index contributed by atoms with van der Waals surface area (Å²) < 4.78 is 25.9. The maximum Gasteiger partial charge on any atom is 0.341 e. The molecule has 0 saturated carbocycles. The van der Waals surface area contributed by atoms with Crippen LogP contribution >= 0.6 is 31.9 Å². The van der Waals surface area contributed by atoms with E-state index < -0.39 is 35.4 Å². The SMILES string of the molecule is CCOC(=O)c1c(C(=O)OCC)c2cc(-c3ccn4c(C(=O)c5ccc(Br)cc5)c(C(=O)OCC)c(C(=O)OCC)c4c3)ccn2c1C(=O)c1ccc(Br)cc1. The second-order valence-electron chi connectivity index (χ2n) is 12.1. The molecule has 0 saturated heterocycles. The van der Waals surface area contributed by atoms with E-state index in [-0.39, 0.29) is 82.2 Å². The lowest BCUT2D eigenvalue weighted by Crippen LogP contribution is -2.16. The van der Waals surface area contributed by atoms with Crippen molar-refractivity contribution in [2.45, 2.75) is 27.7 Å². The Labute approximate surface area is 337 Å². The number of ether oxygens (including phenoxy) is 4. The van der Waals surface area contributed by atoms with Crippen molar-refractivity contribution in [2.75, 3.05) is 26.4 Å². The second-order valence-corrected chi connectivity index (χ2v) is 13.9. The number of hydrogen-bond donors (Lipinski definition) is 0. The summed E-state index contributed by atoms with van der Waals surface area (Å²) in [6.45, 7) is 6.38. The summed E-state index contributed by atoms with van der Waals surface area (Å²) in [5.41, 5.74) is 0.774. The van der Waals surface area contributed by atoms with Crippen molar-refractivity contribution >= 4 is 78.3 Å². The van der Waals surface area contributed by atoms with Gasteiger partial charge in [-0.2, -0.15) is 0 Å². The molecule has 14 heteroatoms. The van der Waals surface area contributed by atoms with E-state index in [0.717, 1.165) is 8.95 Å². The molecule has 4 heterocycles. The molecule has 6 rings (SSSR count). The Morgan fingerprint density at radius 2 is 0.768 bits per heavy atom. The predicted molar refractivity (Wildman–Crippen MR) is 213 cm³/mol. The van der Waals surface area contributed by atoms with Crippen LogP contribution in [-0.4, -0.2) is 70.7 Å². The van der Waals surface area contributed by atoms with E-state index in [1.807, 2.05) is 0 Å². The van der Waals surface area contributed by atoms with Crippen LogP contribution in [0.15, 0.2) is 94.1 Å². The van der Waals surface area contributed by atoms with E-state index in [4.69, 9.17) is 18.9 Å². The fourth-order valence-electron chi connectivity index (χ4n) is 6.41. The zero-order valence-electron chi connectivity index (χ0n) is 30.6. The zero-order chi connectivity index (χ0) is 40.3. The lowest BCUT2D eigenvalue weighted by Gasteiger charge is -2.09. The van der Waals surface area contributed by atoms with E-state index in [1.54, 1.807) is 113 Å². The highest BCUT2D eigenvalue weighted by Gasteiger charge is 2.35. The van der Waals surface area contributed by atoms with Crippen molar-refractivity contribution in [2.24, 2.45) is 0 Å². The molecule has 0 unspecified atom stereocenters. The highest BCUT2D eigenvalue weighted by molar-refractivity contribution is 9.10. The number of fused-ring (bicyclic) bond motifs is 2. The Morgan fingerprint density at radius 3 is 1.07 bits per heavy atom. The molecule has 0 amide bonds. The first-order valence-electron chi connectivity index (χ1n) is 17.6. The smallest absolute Gasteiger partial charge is 0.341 e. The van der Waals surface area contributed by atoms with Gasteiger partial charge >= 0.3 is 23.9 Å². The molecule has 0 fully saturated rings. The number of nitrogens with zero attached hydrogens (tertiary/aromatic N) is 2. The van der Waals surface area contributed by atoms with E-state index in [2.05, 4.69) is 31.9 Å². The number of rotatable bonds is 13. The van der Waals surface area contributed by atoms with Gasteiger partial charge in [0, 0.05) is 32.5 Å². The minimum atomic E-state index is -0.885. The maximum atomic E-state index is 14.2. The number of pyridine rings is 2. The summed E-state index contributed by atoms with van der Waals surface area (Å²) in [5.74, 6) is -4.54. The average molecular weight is 887 g/mol. The summed E-state index contributed by atoms with van der Waals surface area (Å²) in [6.07, 6.45) is 3.09. The van der Waals surface area contributed by atoms with E-state index in [9.17, 15) is 28.8 Å². The fourth-order valence-corrected chi connectivity index (χ4v) is 6.94. The van der Waals surface area contributed by atoms with Crippen molar-refractivity contribution < 1.29 is 47.7 Å². The number of ketones is 2. The summed E-state index contributed by atoms with van der Waals surface area (Å²) in [6, 6.07) is 19.6. The van der Waals surface area contributed by atoms with E-state index >= 15 is 0 Å². The number of carbonyl (C=O) groups excluding carboxylic acids is 6. The number of aromatic nitrogens is 2. The highest BCUT2D eigenvalue weighted by atomic mass is 79.9. The zero-order valence-corrected chi connectivity index (χ0v) is 33.8. The minimum absolute atomic E-state index is 0.0141. The predicted octanol–water partition coefficient (Wildman–Crippen LogP) is 8.55. The van der Waals surface area contributed by atoms with Crippen molar-refractivity contribution in [3.05, 3.63) is 139 Å². The molecule has 0 radical (unpaired) electrons. The molecule has 0 atom stereocenters. The van der Waals surface area contributed by atoms with Crippen LogP contribution in [0.25, 0.3) is 22.2 Å². The molecule has 0 N–H and O–H groups in total. The standard InChI is InChI=1S/C42H34Br2N2O10/c1-5-53-39(49)31-29-21-25(17-19-45(29)35(33(31)41(51)55-7-3)37(47)23-9-13-27(43)14-10-23)26-18-20-46-30(22-26)32(40(50)54-6-2)34(42(52)56-8-4)36(46)38(48)24-11-15-28(44)16-12-24/h9-22H,5-8H2,1-4H3. The van der Waals surface area contributed by atoms with Gasteiger partial charge in [0.05, 0.1) is 37.5 Å². The van der Waals surface area contributed by atoms with Gasteiger partial charge in [-0.15, -0.1) is 0 Å². The molecular formula is C42H34Br2N2O10. The normalized spacial score (nSPS) is 11.0. The molecule has 12 nitrogen and oxygen atoms in total. The first-order valence-corrected chi connectivity index (χ1v) is 19.2. The largest absolute Gasteiger partial charge is 0.462 e. The Balaban J connectivity index is 1.64. The Bertz CT molecular complexity index is 2370. The Kier molecular flexibility index (Phi) is 12.0. The van der Waals surface area contributed by atoms with Crippen LogP contribution in [0.3, 0.4) is 0 Å². The average Bonchev–Trinajstić information content (AvgIpc) is 3.71. The topological polar surface area (TPSA) is 148 Å². The van der Waals surface area contributed by atoms with Crippen molar-refractivity contribution in [3.8, 4) is 11.1 Å². The van der Waals surface area contributed by atoms with E-state index in [0.29, 0.717) is 11.1 Å². The van der Waals surface area contributed by atoms with Gasteiger partial charge in [0.15, 0.2) is 0 Å². The van der Waals surface area contributed by atoms with Gasteiger partial charge in [0.25, 0.3) is 0 Å². The fraction of sp³-hybridized carbons (Fsp3) is 0.190. The molecule has 0 aliphatic carbocycles. The Hall–Kier alpha value is -5.86. The number of benzene rings is 2. The molecule has 0 aliphatic rings. The van der Waals surface area contributed by atoms with Gasteiger partial charge in [-0.1, -0.05) is 31.9 Å². The monoisotopic (exact) mass is 884 g/mol. The minimum Gasteiger partial charge on any atom is -0.462 e. The summed E-state index contributed by atoms with van der Waals surface area (Å²) in [4.78, 5) is 82.9. The number of carbonyl (C=O) groups is 6. The molecule has 6 aromatic rings. The number of esters is 4. The lowest BCUT2D eigenvalue weighted by molar-refractivity contribution is 0.0480. The number of halogens is 2. The van der Waals surface area contributed by atoms with Gasteiger partial charge in [-0.25, -0.2) is 19.2 Å².